The van der Waals surface area contributed by atoms with Gasteiger partial charge in [-0.25, -0.2) is 17.9 Å². The van der Waals surface area contributed by atoms with Gasteiger partial charge in [-0.3, -0.25) is 28.9 Å². The van der Waals surface area contributed by atoms with E-state index >= 15 is 0 Å². The average molecular weight is 822 g/mol. The van der Waals surface area contributed by atoms with Crippen molar-refractivity contribution in [1.82, 2.24) is 29.7 Å². The second kappa shape index (κ2) is 17.0. The molecule has 3 aromatic carbocycles. The second-order valence-electron chi connectivity index (χ2n) is 14.9. The Bertz CT molecular complexity index is 2500. The lowest BCUT2D eigenvalue weighted by Gasteiger charge is -2.36. The summed E-state index contributed by atoms with van der Waals surface area (Å²) in [6, 6.07) is 21.3. The third-order valence-electron chi connectivity index (χ3n) is 10.9. The minimum atomic E-state index is -3.42. The van der Waals surface area contributed by atoms with Crippen LogP contribution in [0.4, 0.5) is 23.0 Å². The van der Waals surface area contributed by atoms with Crippen LogP contribution in [0.2, 0.25) is 0 Å². The van der Waals surface area contributed by atoms with Gasteiger partial charge in [0, 0.05) is 55.7 Å². The number of carbonyl (C=O) groups is 3. The highest BCUT2D eigenvalue weighted by molar-refractivity contribution is 7.92. The van der Waals surface area contributed by atoms with Crippen molar-refractivity contribution >= 4 is 56.3 Å². The molecule has 2 aromatic heterocycles. The van der Waals surface area contributed by atoms with E-state index in [0.29, 0.717) is 54.7 Å². The molecule has 3 amide bonds. The number of carbonyl (C=O) groups excluding carboxylic acids is 3. The fourth-order valence-electron chi connectivity index (χ4n) is 7.94. The first kappa shape index (κ1) is 39.6. The highest BCUT2D eigenvalue weighted by atomic mass is 32.2. The molecule has 0 aliphatic carbocycles. The summed E-state index contributed by atoms with van der Waals surface area (Å²) in [4.78, 5) is 49.3. The third kappa shape index (κ3) is 8.66. The first-order chi connectivity index (χ1) is 28.6. The van der Waals surface area contributed by atoms with E-state index in [1.165, 1.54) is 0 Å². The number of benzene rings is 3. The summed E-state index contributed by atoms with van der Waals surface area (Å²) in [6.07, 6.45) is 6.80. The van der Waals surface area contributed by atoms with Crippen molar-refractivity contribution in [3.8, 4) is 22.8 Å². The zero-order valence-corrected chi connectivity index (χ0v) is 33.8. The van der Waals surface area contributed by atoms with E-state index in [9.17, 15) is 22.8 Å². The van der Waals surface area contributed by atoms with Crippen LogP contribution in [0.1, 0.15) is 52.8 Å². The number of imide groups is 1. The van der Waals surface area contributed by atoms with E-state index in [-0.39, 0.29) is 11.5 Å². The molecule has 16 nitrogen and oxygen atoms in total. The lowest BCUT2D eigenvalue weighted by Crippen LogP contribution is -2.52. The Morgan fingerprint density at radius 3 is 2.53 bits per heavy atom. The van der Waals surface area contributed by atoms with Gasteiger partial charge < -0.3 is 25.0 Å². The van der Waals surface area contributed by atoms with Gasteiger partial charge in [-0.1, -0.05) is 18.2 Å². The smallest absolute Gasteiger partial charge is 0.266 e. The van der Waals surface area contributed by atoms with Gasteiger partial charge in [0.2, 0.25) is 21.9 Å². The summed E-state index contributed by atoms with van der Waals surface area (Å²) in [7, 11) is -1.78. The number of piperidine rings is 1. The topological polar surface area (TPSA) is 180 Å². The number of methoxy groups -OCH3 is 1. The van der Waals surface area contributed by atoms with Gasteiger partial charge in [-0.05, 0) is 87.2 Å². The van der Waals surface area contributed by atoms with Gasteiger partial charge in [-0.15, -0.1) is 5.10 Å². The molecule has 59 heavy (non-hydrogen) atoms. The maximum atomic E-state index is 13.3. The van der Waals surface area contributed by atoms with Crippen LogP contribution in [0, 0.1) is 0 Å². The Kier molecular flexibility index (Phi) is 11.4. The first-order valence-electron chi connectivity index (χ1n) is 19.8. The standard InChI is InChI=1S/C42H47N9O7S/c1-57-37-26-30(14-16-33(37)45-42-44-27-31-15-17-34(51(31)46-42)28-9-6-10-29(25-28)47-59(2,55)56)49-22-20-48(21-23-49)19-4-3-5-24-58-36-13-7-11-32-38(36)41(54)50(40(32)53)35-12-8-18-43-39(35)52/h6-7,9-11,13-17,25-27,35,47H,3-5,8,12,18-24H2,1-2H3,(H,43,52)(H,45,46). The van der Waals surface area contributed by atoms with Gasteiger partial charge in [0.25, 0.3) is 11.8 Å². The lowest BCUT2D eigenvalue weighted by molar-refractivity contribution is -0.126. The van der Waals surface area contributed by atoms with E-state index in [2.05, 4.69) is 36.2 Å². The highest BCUT2D eigenvalue weighted by Crippen LogP contribution is 2.35. The molecule has 1 atom stereocenters. The van der Waals surface area contributed by atoms with Crippen molar-refractivity contribution < 1.29 is 32.3 Å². The molecule has 308 valence electrons. The molecule has 2 saturated heterocycles. The van der Waals surface area contributed by atoms with Crippen molar-refractivity contribution in [2.24, 2.45) is 0 Å². The molecule has 17 heteroatoms. The number of fused-ring (bicyclic) bond motifs is 2. The zero-order chi connectivity index (χ0) is 41.1. The summed E-state index contributed by atoms with van der Waals surface area (Å²) in [5.41, 5.74) is 5.15. The molecule has 1 unspecified atom stereocenters. The van der Waals surface area contributed by atoms with Gasteiger partial charge in [-0.2, -0.15) is 0 Å². The predicted molar refractivity (Wildman–Crippen MR) is 224 cm³/mol. The van der Waals surface area contributed by atoms with E-state index in [4.69, 9.17) is 14.6 Å². The number of sulfonamides is 1. The highest BCUT2D eigenvalue weighted by Gasteiger charge is 2.45. The number of aromatic nitrogens is 3. The molecule has 0 saturated carbocycles. The SMILES string of the molecule is COc1cc(N2CCN(CCCCCOc3cccc4c3C(=O)N(C3CCCNC3=O)C4=O)CC2)ccc1Nc1ncc2ccc(-c3cccc(NS(C)(=O)=O)c3)n2n1. The predicted octanol–water partition coefficient (Wildman–Crippen LogP) is 4.77. The van der Waals surface area contributed by atoms with Crippen molar-refractivity contribution in [2.75, 3.05) is 74.2 Å². The van der Waals surface area contributed by atoms with Crippen LogP contribution in [0.25, 0.3) is 16.8 Å². The number of anilines is 4. The summed E-state index contributed by atoms with van der Waals surface area (Å²) in [5, 5.41) is 10.8. The van der Waals surface area contributed by atoms with Crippen LogP contribution in [0.3, 0.4) is 0 Å². The average Bonchev–Trinajstić information content (AvgIpc) is 3.76. The Hall–Kier alpha value is -6.20. The molecule has 0 radical (unpaired) electrons. The molecule has 2 fully saturated rings. The molecular weight excluding hydrogens is 775 g/mol. The monoisotopic (exact) mass is 821 g/mol. The maximum absolute atomic E-state index is 13.3. The van der Waals surface area contributed by atoms with Gasteiger partial charge >= 0.3 is 0 Å². The van der Waals surface area contributed by atoms with Crippen molar-refractivity contribution in [1.29, 1.82) is 0 Å². The number of nitrogens with one attached hydrogen (secondary N) is 3. The Balaban J connectivity index is 0.806. The van der Waals surface area contributed by atoms with E-state index in [1.54, 1.807) is 54.2 Å². The number of piperazine rings is 1. The molecule has 0 spiro atoms. The first-order valence-corrected chi connectivity index (χ1v) is 21.7. The number of unbranched alkanes of at least 4 members (excludes halogenated alkanes) is 2. The Labute approximate surface area is 342 Å². The summed E-state index contributed by atoms with van der Waals surface area (Å²) in [5.74, 6) is 0.237. The minimum absolute atomic E-state index is 0.253. The minimum Gasteiger partial charge on any atom is -0.494 e. The van der Waals surface area contributed by atoms with Crippen LogP contribution in [0.5, 0.6) is 11.5 Å². The quantitative estimate of drug-likeness (QED) is 0.0975. The number of ether oxygens (including phenoxy) is 2. The Morgan fingerprint density at radius 2 is 1.73 bits per heavy atom. The molecule has 8 rings (SSSR count). The Morgan fingerprint density at radius 1 is 0.898 bits per heavy atom. The van der Waals surface area contributed by atoms with Crippen LogP contribution < -0.4 is 29.7 Å². The molecule has 3 aliphatic heterocycles. The van der Waals surface area contributed by atoms with Crippen LogP contribution in [0.15, 0.2) is 79.0 Å². The number of nitrogens with zero attached hydrogens (tertiary/aromatic N) is 6. The van der Waals surface area contributed by atoms with Crippen molar-refractivity contribution in [3.63, 3.8) is 0 Å². The van der Waals surface area contributed by atoms with Gasteiger partial charge in [0.15, 0.2) is 0 Å². The summed E-state index contributed by atoms with van der Waals surface area (Å²) in [6.45, 7) is 5.57. The van der Waals surface area contributed by atoms with Gasteiger partial charge in [0.05, 0.1) is 54.2 Å². The van der Waals surface area contributed by atoms with Crippen molar-refractivity contribution in [2.45, 2.75) is 38.1 Å². The molecule has 3 N–H and O–H groups in total. The largest absolute Gasteiger partial charge is 0.494 e. The fraction of sp³-hybridized carbons (Fsp3) is 0.357. The van der Waals surface area contributed by atoms with E-state index < -0.39 is 27.9 Å². The maximum Gasteiger partial charge on any atom is 0.266 e. The fourth-order valence-corrected chi connectivity index (χ4v) is 8.49. The summed E-state index contributed by atoms with van der Waals surface area (Å²) < 4.78 is 39.7. The second-order valence-corrected chi connectivity index (χ2v) is 16.7. The van der Waals surface area contributed by atoms with E-state index in [0.717, 1.165) is 91.3 Å². The molecule has 3 aliphatic rings. The van der Waals surface area contributed by atoms with Gasteiger partial charge in [0.1, 0.15) is 17.5 Å². The molecule has 0 bridgehead atoms. The normalized spacial score (nSPS) is 17.3. The number of hydrogen-bond donors (Lipinski definition) is 3. The molecule has 5 heterocycles. The lowest BCUT2D eigenvalue weighted by atomic mass is 10.1. The van der Waals surface area contributed by atoms with Crippen LogP contribution in [-0.4, -0.2) is 116 Å². The molecule has 5 aromatic rings. The number of hydrogen-bond acceptors (Lipinski definition) is 12. The third-order valence-corrected chi connectivity index (χ3v) is 11.5. The molecular formula is C42H47N9O7S. The summed E-state index contributed by atoms with van der Waals surface area (Å²) >= 11 is 0. The van der Waals surface area contributed by atoms with Crippen molar-refractivity contribution in [3.05, 3.63) is 90.1 Å². The van der Waals surface area contributed by atoms with Crippen LogP contribution in [-0.2, 0) is 14.8 Å². The number of amides is 3. The van der Waals surface area contributed by atoms with E-state index in [1.807, 2.05) is 30.3 Å². The van der Waals surface area contributed by atoms with Crippen LogP contribution >= 0.6 is 0 Å². The number of rotatable bonds is 15. The zero-order valence-electron chi connectivity index (χ0n) is 33.0.